The first-order valence-corrected chi connectivity index (χ1v) is 16.1. The number of fused-ring (bicyclic) bond motifs is 8. The molecule has 9 N–H and O–H groups in total. The Morgan fingerprint density at radius 1 is 0.846 bits per heavy atom. The van der Waals surface area contributed by atoms with Gasteiger partial charge in [0.25, 0.3) is 0 Å². The maximum Gasteiger partial charge on any atom is 0.330 e. The molecule has 8 bridgehead atoms. The van der Waals surface area contributed by atoms with Gasteiger partial charge in [-0.3, -0.25) is 14.4 Å². The smallest absolute Gasteiger partial charge is 0.330 e. The number of carbonyl (C=O) groups is 4. The number of carboxylic acids is 1. The Morgan fingerprint density at radius 2 is 1.58 bits per heavy atom. The molecule has 5 atom stereocenters. The van der Waals surface area contributed by atoms with Gasteiger partial charge in [0.2, 0.25) is 17.7 Å². The highest BCUT2D eigenvalue weighted by Crippen LogP contribution is 2.45. The lowest BCUT2D eigenvalue weighted by Gasteiger charge is -2.30. The number of hydrogen-bond donors (Lipinski definition) is 9. The number of aliphatic carboxylic acids is 1. The molecule has 0 aromatic heterocycles. The Kier molecular flexibility index (Phi) is 9.59. The number of carboxylic acid groups (broad SMARTS) is 1. The van der Waals surface area contributed by atoms with Crippen LogP contribution in [0.15, 0.2) is 60.7 Å². The van der Waals surface area contributed by atoms with Gasteiger partial charge in [0.1, 0.15) is 47.2 Å². The molecule has 270 valence electrons. The van der Waals surface area contributed by atoms with Crippen molar-refractivity contribution < 1.29 is 54.2 Å². The molecule has 15 nitrogen and oxygen atoms in total. The molecule has 0 saturated carbocycles. The Hall–Kier alpha value is -6.03. The van der Waals surface area contributed by atoms with Gasteiger partial charge in [0.05, 0.1) is 12.1 Å². The van der Waals surface area contributed by atoms with Gasteiger partial charge in [-0.25, -0.2) is 4.79 Å². The number of phenolic OH excluding ortho intramolecular Hbond substituents is 3. The third kappa shape index (κ3) is 6.48. The van der Waals surface area contributed by atoms with Crippen molar-refractivity contribution in [2.24, 2.45) is 0 Å². The highest BCUT2D eigenvalue weighted by Gasteiger charge is 2.39. The zero-order chi connectivity index (χ0) is 37.6. The SMILES string of the molecule is CNC1C(=O)NC2C(=O)NC(C(=O)NC(C(=O)O)c3cc(O)cc(O)c3-c3cc2ccc3O)C(O)c2ccc(c(Cl)c2)Oc2cc1cc(C)c2OC. The number of aliphatic hydroxyl groups is 1. The van der Waals surface area contributed by atoms with E-state index in [1.54, 1.807) is 19.1 Å². The summed E-state index contributed by atoms with van der Waals surface area (Å²) in [6.45, 7) is 1.74. The number of phenols is 3. The number of rotatable bonds is 3. The van der Waals surface area contributed by atoms with Gasteiger partial charge in [0, 0.05) is 22.8 Å². The summed E-state index contributed by atoms with van der Waals surface area (Å²) in [5, 5.41) is 64.7. The average Bonchev–Trinajstić information content (AvgIpc) is 3.08. The fourth-order valence-corrected chi connectivity index (χ4v) is 6.69. The number of aliphatic hydroxyl groups excluding tert-OH is 1. The second kappa shape index (κ2) is 13.9. The zero-order valence-electron chi connectivity index (χ0n) is 27.7. The lowest BCUT2D eigenvalue weighted by atomic mass is 9.89. The number of aryl methyl sites for hydroxylation is 1. The van der Waals surface area contributed by atoms with E-state index in [2.05, 4.69) is 21.3 Å². The van der Waals surface area contributed by atoms with E-state index in [1.165, 1.54) is 50.6 Å². The standard InChI is InChI=1S/C36H33ClN4O11/c1-14-8-17-11-25(32(14)51-3)52-24-7-5-16(10-21(24)37)31(45)30-35(48)40-29(36(49)50)20-12-18(42)13-23(44)26(20)19-9-15(4-6-22(19)43)28(34(47)41-30)39-33(46)27(17)38-2/h4-13,27-31,38,42-45H,1-3H3,(H,39,46)(H,40,48)(H,41,47)(H,49,50). The summed E-state index contributed by atoms with van der Waals surface area (Å²) >= 11 is 6.61. The van der Waals surface area contributed by atoms with Crippen LogP contribution in [0.3, 0.4) is 0 Å². The van der Waals surface area contributed by atoms with Crippen LogP contribution in [0.2, 0.25) is 5.02 Å². The zero-order valence-corrected chi connectivity index (χ0v) is 28.5. The third-order valence-corrected chi connectivity index (χ3v) is 9.21. The molecule has 7 rings (SSSR count). The predicted molar refractivity (Wildman–Crippen MR) is 184 cm³/mol. The van der Waals surface area contributed by atoms with Gasteiger partial charge in [-0.1, -0.05) is 29.8 Å². The van der Waals surface area contributed by atoms with Gasteiger partial charge in [-0.15, -0.1) is 0 Å². The van der Waals surface area contributed by atoms with Crippen molar-refractivity contribution >= 4 is 35.3 Å². The van der Waals surface area contributed by atoms with Gasteiger partial charge in [-0.2, -0.15) is 0 Å². The number of methoxy groups -OCH3 is 1. The van der Waals surface area contributed by atoms with E-state index in [1.807, 2.05) is 0 Å². The maximum absolute atomic E-state index is 14.3. The Morgan fingerprint density at radius 3 is 2.25 bits per heavy atom. The number of carbonyl (C=O) groups excluding carboxylic acids is 3. The molecule has 4 aromatic rings. The first kappa shape index (κ1) is 35.8. The molecule has 0 radical (unpaired) electrons. The van der Waals surface area contributed by atoms with Crippen LogP contribution in [0.25, 0.3) is 11.1 Å². The van der Waals surface area contributed by atoms with Crippen molar-refractivity contribution in [1.29, 1.82) is 0 Å². The summed E-state index contributed by atoms with van der Waals surface area (Å²) in [5.41, 5.74) is 0.197. The molecular formula is C36H33ClN4O11. The minimum atomic E-state index is -1.99. The number of hydrogen-bond acceptors (Lipinski definition) is 11. The second-order valence-corrected chi connectivity index (χ2v) is 12.6. The Bertz CT molecular complexity index is 2140. The quantitative estimate of drug-likeness (QED) is 0.148. The number of likely N-dealkylation sites (N-methyl/N-ethyl adjacent to an activating group) is 1. The number of benzene rings is 4. The first-order valence-electron chi connectivity index (χ1n) is 15.8. The summed E-state index contributed by atoms with van der Waals surface area (Å²) in [7, 11) is 2.96. The van der Waals surface area contributed by atoms with Gasteiger partial charge in [-0.05, 0) is 72.6 Å². The molecule has 5 unspecified atom stereocenters. The van der Waals surface area contributed by atoms with Crippen molar-refractivity contribution in [1.82, 2.24) is 21.3 Å². The largest absolute Gasteiger partial charge is 0.508 e. The Labute approximate surface area is 300 Å². The molecule has 0 fully saturated rings. The minimum Gasteiger partial charge on any atom is -0.508 e. The van der Waals surface area contributed by atoms with Crippen LogP contribution in [0.4, 0.5) is 0 Å². The summed E-state index contributed by atoms with van der Waals surface area (Å²) in [6, 6.07) is 6.32. The van der Waals surface area contributed by atoms with E-state index >= 15 is 0 Å². The van der Waals surface area contributed by atoms with Gasteiger partial charge >= 0.3 is 5.97 Å². The van der Waals surface area contributed by atoms with Gasteiger partial charge < -0.3 is 56.3 Å². The predicted octanol–water partition coefficient (Wildman–Crippen LogP) is 3.14. The van der Waals surface area contributed by atoms with Crippen molar-refractivity contribution in [3.63, 3.8) is 0 Å². The van der Waals surface area contributed by atoms with E-state index in [-0.39, 0.29) is 44.3 Å². The number of halogens is 1. The third-order valence-electron chi connectivity index (χ3n) is 8.91. The lowest BCUT2D eigenvalue weighted by Crippen LogP contribution is -2.54. The lowest BCUT2D eigenvalue weighted by molar-refractivity contribution is -0.143. The summed E-state index contributed by atoms with van der Waals surface area (Å²) < 4.78 is 11.7. The molecule has 3 amide bonds. The Balaban J connectivity index is 1.64. The summed E-state index contributed by atoms with van der Waals surface area (Å²) in [6.07, 6.45) is -1.87. The van der Waals surface area contributed by atoms with Crippen molar-refractivity contribution in [2.45, 2.75) is 37.2 Å². The van der Waals surface area contributed by atoms with E-state index in [0.29, 0.717) is 16.9 Å². The monoisotopic (exact) mass is 732 g/mol. The van der Waals surface area contributed by atoms with Crippen LogP contribution in [0, 0.1) is 6.92 Å². The van der Waals surface area contributed by atoms with Crippen LogP contribution in [-0.2, 0) is 19.2 Å². The molecule has 3 heterocycles. The van der Waals surface area contributed by atoms with Crippen LogP contribution in [-0.4, -0.2) is 69.4 Å². The molecule has 3 aliphatic rings. The molecule has 0 saturated heterocycles. The molecule has 16 heteroatoms. The molecular weight excluding hydrogens is 700 g/mol. The molecule has 52 heavy (non-hydrogen) atoms. The second-order valence-electron chi connectivity index (χ2n) is 12.2. The molecule has 3 aliphatic heterocycles. The van der Waals surface area contributed by atoms with E-state index < -0.39 is 71.2 Å². The van der Waals surface area contributed by atoms with E-state index in [9.17, 15) is 44.7 Å². The summed E-state index contributed by atoms with van der Waals surface area (Å²) in [4.78, 5) is 55.1. The fraction of sp³-hybridized carbons (Fsp3) is 0.222. The molecule has 0 spiro atoms. The van der Waals surface area contributed by atoms with Crippen LogP contribution in [0.5, 0.6) is 34.5 Å². The average molecular weight is 733 g/mol. The molecule has 0 aliphatic carbocycles. The maximum atomic E-state index is 14.3. The topological polar surface area (TPSA) is 236 Å². The van der Waals surface area contributed by atoms with Crippen LogP contribution in [0.1, 0.15) is 52.0 Å². The minimum absolute atomic E-state index is 0.0131. The number of aromatic hydroxyl groups is 3. The van der Waals surface area contributed by atoms with Crippen molar-refractivity contribution in [3.8, 4) is 45.6 Å². The van der Waals surface area contributed by atoms with Crippen molar-refractivity contribution in [3.05, 3.63) is 93.5 Å². The number of amides is 3. The van der Waals surface area contributed by atoms with Crippen LogP contribution < -0.4 is 30.7 Å². The number of ether oxygens (including phenoxy) is 2. The summed E-state index contributed by atoms with van der Waals surface area (Å²) in [5.74, 6) is -5.66. The van der Waals surface area contributed by atoms with Gasteiger partial charge in [0.15, 0.2) is 17.5 Å². The number of nitrogens with one attached hydrogen (secondary N) is 4. The van der Waals surface area contributed by atoms with Crippen LogP contribution >= 0.6 is 11.6 Å². The van der Waals surface area contributed by atoms with Crippen molar-refractivity contribution in [2.75, 3.05) is 14.2 Å². The first-order chi connectivity index (χ1) is 24.7. The molecule has 4 aromatic carbocycles. The van der Waals surface area contributed by atoms with E-state index in [4.69, 9.17) is 21.1 Å². The highest BCUT2D eigenvalue weighted by atomic mass is 35.5. The van der Waals surface area contributed by atoms with E-state index in [0.717, 1.165) is 12.1 Å². The normalized spacial score (nSPS) is 21.4. The highest BCUT2D eigenvalue weighted by molar-refractivity contribution is 6.32. The fourth-order valence-electron chi connectivity index (χ4n) is 6.46.